The SMILES string of the molecule is C[n+]1cncc2ccccc21. The Morgan fingerprint density at radius 3 is 2.91 bits per heavy atom. The van der Waals surface area contributed by atoms with Crippen LogP contribution in [0.5, 0.6) is 0 Å². The molecule has 0 aliphatic heterocycles. The standard InChI is InChI=1S/C9H9N2/c1-11-7-10-6-8-4-2-3-5-9(8)11/h2-7H,1H3/q+1. The quantitative estimate of drug-likeness (QED) is 0.506. The summed E-state index contributed by atoms with van der Waals surface area (Å²) in [7, 11) is 2.00. The van der Waals surface area contributed by atoms with Gasteiger partial charge in [0.2, 0.25) is 0 Å². The van der Waals surface area contributed by atoms with Crippen LogP contribution < -0.4 is 4.57 Å². The Bertz CT molecular complexity index is 377. The lowest BCUT2D eigenvalue weighted by atomic mass is 10.2. The van der Waals surface area contributed by atoms with Gasteiger partial charge in [0.05, 0.1) is 12.4 Å². The molecule has 0 spiro atoms. The summed E-state index contributed by atoms with van der Waals surface area (Å²) in [6.45, 7) is 0. The van der Waals surface area contributed by atoms with Crippen LogP contribution in [-0.2, 0) is 7.05 Å². The van der Waals surface area contributed by atoms with Gasteiger partial charge in [-0.3, -0.25) is 0 Å². The van der Waals surface area contributed by atoms with Crippen LogP contribution in [0.3, 0.4) is 0 Å². The van der Waals surface area contributed by atoms with Crippen LogP contribution in [0.4, 0.5) is 0 Å². The molecular formula is C9H9N2+. The van der Waals surface area contributed by atoms with Crippen molar-refractivity contribution in [3.05, 3.63) is 36.8 Å². The molecule has 2 nitrogen and oxygen atoms in total. The molecule has 2 rings (SSSR count). The zero-order chi connectivity index (χ0) is 7.68. The fourth-order valence-electron chi connectivity index (χ4n) is 1.19. The maximum absolute atomic E-state index is 4.08. The lowest BCUT2D eigenvalue weighted by Gasteiger charge is -1.93. The first-order valence-corrected chi connectivity index (χ1v) is 3.56. The number of aromatic nitrogens is 2. The molecule has 1 heterocycles. The van der Waals surface area contributed by atoms with E-state index in [9.17, 15) is 0 Å². The highest BCUT2D eigenvalue weighted by atomic mass is 15.0. The molecule has 2 aromatic rings. The molecule has 0 aliphatic carbocycles. The molecule has 54 valence electrons. The predicted octanol–water partition coefficient (Wildman–Crippen LogP) is 1.06. The molecule has 0 bridgehead atoms. The number of fused-ring (bicyclic) bond motifs is 1. The van der Waals surface area contributed by atoms with E-state index in [0.29, 0.717) is 0 Å². The molecule has 0 saturated heterocycles. The second kappa shape index (κ2) is 2.31. The number of rotatable bonds is 0. The number of hydrogen-bond donors (Lipinski definition) is 0. The van der Waals surface area contributed by atoms with Crippen LogP contribution in [-0.4, -0.2) is 4.98 Å². The van der Waals surface area contributed by atoms with Gasteiger partial charge in [0.1, 0.15) is 5.52 Å². The molecule has 0 unspecified atom stereocenters. The van der Waals surface area contributed by atoms with Crippen molar-refractivity contribution < 1.29 is 4.57 Å². The van der Waals surface area contributed by atoms with Gasteiger partial charge < -0.3 is 0 Å². The van der Waals surface area contributed by atoms with Crippen molar-refractivity contribution in [3.63, 3.8) is 0 Å². The first-order valence-electron chi connectivity index (χ1n) is 3.56. The number of benzene rings is 1. The Balaban J connectivity index is 2.91. The summed E-state index contributed by atoms with van der Waals surface area (Å²) < 4.78 is 2.01. The maximum Gasteiger partial charge on any atom is 0.286 e. The van der Waals surface area contributed by atoms with E-state index in [1.54, 1.807) is 0 Å². The molecule has 0 atom stereocenters. The Hall–Kier alpha value is -1.44. The minimum atomic E-state index is 1.18. The monoisotopic (exact) mass is 145 g/mol. The number of aryl methyl sites for hydroxylation is 1. The van der Waals surface area contributed by atoms with Crippen molar-refractivity contribution in [1.29, 1.82) is 0 Å². The van der Waals surface area contributed by atoms with Crippen LogP contribution in [0, 0.1) is 0 Å². The van der Waals surface area contributed by atoms with Gasteiger partial charge in [-0.1, -0.05) is 17.1 Å². The van der Waals surface area contributed by atoms with Crippen LogP contribution in [0.2, 0.25) is 0 Å². The Kier molecular flexibility index (Phi) is 1.32. The zero-order valence-electron chi connectivity index (χ0n) is 6.36. The molecule has 0 N–H and O–H groups in total. The fourth-order valence-corrected chi connectivity index (χ4v) is 1.19. The normalized spacial score (nSPS) is 10.3. The van der Waals surface area contributed by atoms with E-state index in [1.165, 1.54) is 10.9 Å². The van der Waals surface area contributed by atoms with E-state index in [0.717, 1.165) is 0 Å². The van der Waals surface area contributed by atoms with E-state index < -0.39 is 0 Å². The summed E-state index contributed by atoms with van der Waals surface area (Å²) in [5, 5.41) is 1.18. The average molecular weight is 145 g/mol. The fraction of sp³-hybridized carbons (Fsp3) is 0.111. The van der Waals surface area contributed by atoms with Crippen LogP contribution >= 0.6 is 0 Å². The van der Waals surface area contributed by atoms with Gasteiger partial charge >= 0.3 is 0 Å². The van der Waals surface area contributed by atoms with E-state index in [2.05, 4.69) is 17.1 Å². The molecule has 0 amide bonds. The van der Waals surface area contributed by atoms with Gasteiger partial charge in [0.25, 0.3) is 6.33 Å². The van der Waals surface area contributed by atoms with Crippen LogP contribution in [0.25, 0.3) is 10.9 Å². The molecule has 0 saturated carbocycles. The third-order valence-electron chi connectivity index (χ3n) is 1.77. The molecular weight excluding hydrogens is 136 g/mol. The molecule has 1 aromatic heterocycles. The summed E-state index contributed by atoms with van der Waals surface area (Å²) in [5.74, 6) is 0. The third-order valence-corrected chi connectivity index (χ3v) is 1.77. The van der Waals surface area contributed by atoms with E-state index in [1.807, 2.05) is 36.3 Å². The topological polar surface area (TPSA) is 16.8 Å². The van der Waals surface area contributed by atoms with Crippen LogP contribution in [0.1, 0.15) is 0 Å². The average Bonchev–Trinajstić information content (AvgIpc) is 2.06. The number of hydrogen-bond acceptors (Lipinski definition) is 1. The van der Waals surface area contributed by atoms with Gasteiger partial charge in [0.15, 0.2) is 6.20 Å². The minimum Gasteiger partial charge on any atom is -0.233 e. The first kappa shape index (κ1) is 6.28. The third kappa shape index (κ3) is 0.963. The first-order chi connectivity index (χ1) is 5.38. The molecule has 0 aliphatic rings. The maximum atomic E-state index is 4.08. The molecule has 1 aromatic carbocycles. The van der Waals surface area contributed by atoms with E-state index >= 15 is 0 Å². The van der Waals surface area contributed by atoms with Gasteiger partial charge in [-0.25, -0.2) is 4.57 Å². The summed E-state index contributed by atoms with van der Waals surface area (Å²) in [5.41, 5.74) is 1.21. The molecule has 0 fully saturated rings. The predicted molar refractivity (Wildman–Crippen MR) is 42.9 cm³/mol. The van der Waals surface area contributed by atoms with Crippen LogP contribution in [0.15, 0.2) is 36.8 Å². The molecule has 11 heavy (non-hydrogen) atoms. The van der Waals surface area contributed by atoms with Gasteiger partial charge in [-0.2, -0.15) is 0 Å². The van der Waals surface area contributed by atoms with Crippen molar-refractivity contribution in [1.82, 2.24) is 4.98 Å². The second-order valence-electron chi connectivity index (χ2n) is 2.56. The Labute approximate surface area is 65.1 Å². The smallest absolute Gasteiger partial charge is 0.233 e. The highest BCUT2D eigenvalue weighted by molar-refractivity contribution is 5.73. The van der Waals surface area contributed by atoms with Gasteiger partial charge in [-0.15, -0.1) is 0 Å². The minimum absolute atomic E-state index is 1.18. The van der Waals surface area contributed by atoms with Crippen molar-refractivity contribution in [2.24, 2.45) is 7.05 Å². The number of nitrogens with zero attached hydrogens (tertiary/aromatic N) is 2. The Morgan fingerprint density at radius 1 is 1.27 bits per heavy atom. The molecule has 0 radical (unpaired) electrons. The summed E-state index contributed by atoms with van der Waals surface area (Å²) >= 11 is 0. The van der Waals surface area contributed by atoms with Crippen molar-refractivity contribution in [3.8, 4) is 0 Å². The van der Waals surface area contributed by atoms with E-state index in [-0.39, 0.29) is 0 Å². The Morgan fingerprint density at radius 2 is 2.09 bits per heavy atom. The second-order valence-corrected chi connectivity index (χ2v) is 2.56. The summed E-state index contributed by atoms with van der Waals surface area (Å²) in [6, 6.07) is 8.19. The molecule has 2 heteroatoms. The lowest BCUT2D eigenvalue weighted by molar-refractivity contribution is -0.648. The summed E-state index contributed by atoms with van der Waals surface area (Å²) in [6.07, 6.45) is 3.68. The summed E-state index contributed by atoms with van der Waals surface area (Å²) in [4.78, 5) is 4.08. The van der Waals surface area contributed by atoms with Crippen molar-refractivity contribution in [2.75, 3.05) is 0 Å². The zero-order valence-corrected chi connectivity index (χ0v) is 6.36. The number of para-hydroxylation sites is 1. The lowest BCUT2D eigenvalue weighted by Crippen LogP contribution is -2.28. The van der Waals surface area contributed by atoms with Gasteiger partial charge in [0, 0.05) is 0 Å². The largest absolute Gasteiger partial charge is 0.286 e. The van der Waals surface area contributed by atoms with E-state index in [4.69, 9.17) is 0 Å². The highest BCUT2D eigenvalue weighted by Gasteiger charge is 1.99. The van der Waals surface area contributed by atoms with Crippen molar-refractivity contribution in [2.45, 2.75) is 0 Å². The van der Waals surface area contributed by atoms with Gasteiger partial charge in [-0.05, 0) is 12.1 Å². The van der Waals surface area contributed by atoms with Crippen molar-refractivity contribution >= 4 is 10.9 Å². The highest BCUT2D eigenvalue weighted by Crippen LogP contribution is 2.04.